The van der Waals surface area contributed by atoms with Crippen molar-refractivity contribution in [3.63, 3.8) is 0 Å². The second-order valence-electron chi connectivity index (χ2n) is 8.04. The fourth-order valence-corrected chi connectivity index (χ4v) is 2.82. The molecule has 0 aliphatic rings. The Morgan fingerprint density at radius 1 is 1.00 bits per heavy atom. The lowest BCUT2D eigenvalue weighted by atomic mass is 9.92. The first kappa shape index (κ1) is 19.7. The van der Waals surface area contributed by atoms with Gasteiger partial charge in [-0.1, -0.05) is 57.5 Å². The maximum Gasteiger partial charge on any atom is 0.324 e. The number of amides is 2. The second-order valence-corrected chi connectivity index (χ2v) is 8.04. The third-order valence-corrected chi connectivity index (χ3v) is 4.62. The zero-order valence-electron chi connectivity index (χ0n) is 17.2. The monoisotopic (exact) mass is 376 g/mol. The van der Waals surface area contributed by atoms with Gasteiger partial charge in [-0.3, -0.25) is 5.32 Å². The molecule has 0 spiro atoms. The molecule has 2 aromatic carbocycles. The van der Waals surface area contributed by atoms with Crippen LogP contribution in [0, 0.1) is 6.92 Å². The summed E-state index contributed by atoms with van der Waals surface area (Å²) in [7, 11) is 0. The van der Waals surface area contributed by atoms with Crippen LogP contribution in [0.4, 0.5) is 16.3 Å². The second kappa shape index (κ2) is 7.89. The smallest absolute Gasteiger partial charge is 0.308 e. The predicted octanol–water partition coefficient (Wildman–Crippen LogP) is 5.68. The van der Waals surface area contributed by atoms with Crippen LogP contribution < -0.4 is 10.6 Å². The maximum absolute atomic E-state index is 12.6. The molecule has 0 radical (unpaired) electrons. The fraction of sp³-hybridized carbons (Fsp3) is 0.304. The van der Waals surface area contributed by atoms with Gasteiger partial charge in [0.2, 0.25) is 0 Å². The Morgan fingerprint density at radius 3 is 2.21 bits per heavy atom. The Hall–Kier alpha value is -3.08. The van der Waals surface area contributed by atoms with Gasteiger partial charge in [-0.15, -0.1) is 0 Å². The molecule has 0 atom stereocenters. The molecular formula is C23H28N4O. The number of anilines is 2. The highest BCUT2D eigenvalue weighted by Crippen LogP contribution is 2.26. The van der Waals surface area contributed by atoms with Gasteiger partial charge in [0, 0.05) is 17.2 Å². The minimum atomic E-state index is -0.294. The molecule has 0 bridgehead atoms. The summed E-state index contributed by atoms with van der Waals surface area (Å²) < 4.78 is 1.78. The molecule has 3 aromatic rings. The van der Waals surface area contributed by atoms with Gasteiger partial charge in [-0.05, 0) is 43.2 Å². The largest absolute Gasteiger partial charge is 0.324 e. The van der Waals surface area contributed by atoms with Crippen molar-refractivity contribution in [1.82, 2.24) is 9.78 Å². The highest BCUT2D eigenvalue weighted by Gasteiger charge is 2.21. The third-order valence-electron chi connectivity index (χ3n) is 4.62. The summed E-state index contributed by atoms with van der Waals surface area (Å²) in [5.41, 5.74) is 4.86. The fourth-order valence-electron chi connectivity index (χ4n) is 2.82. The zero-order chi connectivity index (χ0) is 20.3. The van der Waals surface area contributed by atoms with Gasteiger partial charge in [0.05, 0.1) is 11.4 Å². The van der Waals surface area contributed by atoms with Gasteiger partial charge >= 0.3 is 6.03 Å². The molecule has 0 aliphatic carbocycles. The van der Waals surface area contributed by atoms with E-state index in [1.54, 1.807) is 4.68 Å². The minimum absolute atomic E-state index is 0.126. The summed E-state index contributed by atoms with van der Waals surface area (Å²) in [6, 6.07) is 17.6. The molecule has 28 heavy (non-hydrogen) atoms. The number of hydrogen-bond donors (Lipinski definition) is 2. The first-order chi connectivity index (χ1) is 13.3. The van der Waals surface area contributed by atoms with E-state index in [2.05, 4.69) is 38.3 Å². The van der Waals surface area contributed by atoms with Crippen molar-refractivity contribution in [3.05, 3.63) is 71.4 Å². The van der Waals surface area contributed by atoms with Crippen LogP contribution in [0.5, 0.6) is 0 Å². The van der Waals surface area contributed by atoms with E-state index < -0.39 is 0 Å². The molecule has 0 saturated carbocycles. The van der Waals surface area contributed by atoms with Crippen LogP contribution in [0.2, 0.25) is 0 Å². The van der Waals surface area contributed by atoms with Crippen LogP contribution in [0.1, 0.15) is 44.5 Å². The lowest BCUT2D eigenvalue weighted by Gasteiger charge is -2.14. The Bertz CT molecular complexity index is 948. The van der Waals surface area contributed by atoms with Crippen LogP contribution in [0.25, 0.3) is 5.69 Å². The third kappa shape index (κ3) is 4.60. The van der Waals surface area contributed by atoms with Crippen LogP contribution in [0.3, 0.4) is 0 Å². The average molecular weight is 377 g/mol. The van der Waals surface area contributed by atoms with Gasteiger partial charge in [-0.2, -0.15) is 5.10 Å². The first-order valence-corrected chi connectivity index (χ1v) is 9.61. The summed E-state index contributed by atoms with van der Waals surface area (Å²) in [6.07, 6.45) is 0.970. The topological polar surface area (TPSA) is 59.0 Å². The number of aryl methyl sites for hydroxylation is 2. The van der Waals surface area contributed by atoms with Crippen molar-refractivity contribution in [2.45, 2.75) is 46.5 Å². The molecule has 0 aliphatic heterocycles. The number of aromatic nitrogens is 2. The molecular weight excluding hydrogens is 348 g/mol. The molecule has 0 fully saturated rings. The molecule has 1 aromatic heterocycles. The Labute approximate surface area is 166 Å². The average Bonchev–Trinajstić information content (AvgIpc) is 3.07. The lowest BCUT2D eigenvalue weighted by Crippen LogP contribution is -2.21. The van der Waals surface area contributed by atoms with Gasteiger partial charge in [0.1, 0.15) is 5.82 Å². The summed E-state index contributed by atoms with van der Waals surface area (Å²) in [5.74, 6) is 0.636. The van der Waals surface area contributed by atoms with Gasteiger partial charge in [0.15, 0.2) is 0 Å². The number of carbonyl (C=O) groups is 1. The van der Waals surface area contributed by atoms with Gasteiger partial charge in [-0.25, -0.2) is 9.48 Å². The SMILES string of the molecule is CCc1ccc(NC(=O)Nc2cc(C(C)(C)C)nn2-c2ccc(C)cc2)cc1. The minimum Gasteiger partial charge on any atom is -0.308 e. The number of rotatable bonds is 4. The van der Waals surface area contributed by atoms with E-state index in [4.69, 9.17) is 5.10 Å². The summed E-state index contributed by atoms with van der Waals surface area (Å²) in [5, 5.41) is 10.6. The Morgan fingerprint density at radius 2 is 1.64 bits per heavy atom. The molecule has 2 N–H and O–H groups in total. The highest BCUT2D eigenvalue weighted by molar-refractivity contribution is 5.99. The van der Waals surface area contributed by atoms with Crippen molar-refractivity contribution in [1.29, 1.82) is 0 Å². The van der Waals surface area contributed by atoms with E-state index >= 15 is 0 Å². The molecule has 2 amide bonds. The predicted molar refractivity (Wildman–Crippen MR) is 115 cm³/mol. The van der Waals surface area contributed by atoms with Gasteiger partial charge in [0.25, 0.3) is 0 Å². The molecule has 0 unspecified atom stereocenters. The van der Waals surface area contributed by atoms with Crippen LogP contribution in [-0.2, 0) is 11.8 Å². The number of carbonyl (C=O) groups excluding carboxylic acids is 1. The molecule has 5 heteroatoms. The highest BCUT2D eigenvalue weighted by atomic mass is 16.2. The van der Waals surface area contributed by atoms with Crippen molar-refractivity contribution in [3.8, 4) is 5.69 Å². The summed E-state index contributed by atoms with van der Waals surface area (Å²) in [6.45, 7) is 10.5. The van der Waals surface area contributed by atoms with E-state index in [0.29, 0.717) is 5.82 Å². The molecule has 5 nitrogen and oxygen atoms in total. The van der Waals surface area contributed by atoms with Gasteiger partial charge < -0.3 is 5.32 Å². The number of benzene rings is 2. The Balaban J connectivity index is 1.85. The van der Waals surface area contributed by atoms with E-state index in [1.807, 2.05) is 61.5 Å². The van der Waals surface area contributed by atoms with Crippen LogP contribution in [0.15, 0.2) is 54.6 Å². The number of hydrogen-bond acceptors (Lipinski definition) is 2. The van der Waals surface area contributed by atoms with E-state index in [-0.39, 0.29) is 11.4 Å². The molecule has 146 valence electrons. The van der Waals surface area contributed by atoms with Crippen molar-refractivity contribution in [2.24, 2.45) is 0 Å². The molecule has 1 heterocycles. The van der Waals surface area contributed by atoms with Crippen LogP contribution in [-0.4, -0.2) is 15.8 Å². The van der Waals surface area contributed by atoms with E-state index in [1.165, 1.54) is 11.1 Å². The summed E-state index contributed by atoms with van der Waals surface area (Å²) >= 11 is 0. The zero-order valence-corrected chi connectivity index (χ0v) is 17.2. The quantitative estimate of drug-likeness (QED) is 0.615. The van der Waals surface area contributed by atoms with Crippen LogP contribution >= 0.6 is 0 Å². The number of urea groups is 1. The molecule has 0 saturated heterocycles. The van der Waals surface area contributed by atoms with Crippen molar-refractivity contribution < 1.29 is 4.79 Å². The number of nitrogens with one attached hydrogen (secondary N) is 2. The lowest BCUT2D eigenvalue weighted by molar-refractivity contribution is 0.262. The first-order valence-electron chi connectivity index (χ1n) is 9.61. The molecule has 3 rings (SSSR count). The Kier molecular flexibility index (Phi) is 5.54. The van der Waals surface area contributed by atoms with Crippen molar-refractivity contribution in [2.75, 3.05) is 10.6 Å². The number of nitrogens with zero attached hydrogens (tertiary/aromatic N) is 2. The van der Waals surface area contributed by atoms with E-state index in [0.717, 1.165) is 23.5 Å². The standard InChI is InChI=1S/C23H28N4O/c1-6-17-9-11-18(12-10-17)24-22(28)25-21-15-20(23(3,4)5)26-27(21)19-13-7-16(2)8-14-19/h7-15H,6H2,1-5H3,(H2,24,25,28). The maximum atomic E-state index is 12.6. The van der Waals surface area contributed by atoms with Crippen molar-refractivity contribution >= 4 is 17.5 Å². The van der Waals surface area contributed by atoms with E-state index in [9.17, 15) is 4.79 Å². The summed E-state index contributed by atoms with van der Waals surface area (Å²) in [4.78, 5) is 12.6. The normalized spacial score (nSPS) is 11.3.